The van der Waals surface area contributed by atoms with Crippen molar-refractivity contribution in [2.45, 2.75) is 19.4 Å². The van der Waals surface area contributed by atoms with Gasteiger partial charge in [-0.1, -0.05) is 13.0 Å². The second-order valence-corrected chi connectivity index (χ2v) is 5.26. The molecule has 0 saturated carbocycles. The highest BCUT2D eigenvalue weighted by Crippen LogP contribution is 2.23. The van der Waals surface area contributed by atoms with Crippen LogP contribution in [0.2, 0.25) is 0 Å². The number of benzene rings is 1. The Balaban J connectivity index is 2.27. The summed E-state index contributed by atoms with van der Waals surface area (Å²) >= 11 is 3.25. The van der Waals surface area contributed by atoms with Crippen molar-refractivity contribution in [3.8, 4) is 0 Å². The van der Waals surface area contributed by atoms with Crippen LogP contribution < -0.4 is 5.32 Å². The Hall–Kier alpha value is -0.940. The molecule has 1 aliphatic rings. The standard InChI is InChI=1S/C13H16BrFN2O/c1-2-6-17(9-7-16-8-9)13(18)12-10(14)4-3-5-11(12)15/h3-5,9,16H,2,6-8H2,1H3. The zero-order valence-corrected chi connectivity index (χ0v) is 11.8. The highest BCUT2D eigenvalue weighted by atomic mass is 79.9. The van der Waals surface area contributed by atoms with Crippen molar-refractivity contribution in [1.82, 2.24) is 10.2 Å². The molecule has 0 aliphatic carbocycles. The normalized spacial score (nSPS) is 15.3. The lowest BCUT2D eigenvalue weighted by Gasteiger charge is -2.38. The Kier molecular flexibility index (Phi) is 4.35. The van der Waals surface area contributed by atoms with E-state index in [-0.39, 0.29) is 17.5 Å². The maximum Gasteiger partial charge on any atom is 0.258 e. The quantitative estimate of drug-likeness (QED) is 0.925. The lowest BCUT2D eigenvalue weighted by Crippen LogP contribution is -2.59. The number of carbonyl (C=O) groups excluding carboxylic acids is 1. The molecule has 0 aromatic heterocycles. The van der Waals surface area contributed by atoms with E-state index in [4.69, 9.17) is 0 Å². The van der Waals surface area contributed by atoms with Crippen LogP contribution in [0.15, 0.2) is 22.7 Å². The first-order chi connectivity index (χ1) is 8.65. The molecule has 18 heavy (non-hydrogen) atoms. The molecule has 1 fully saturated rings. The second kappa shape index (κ2) is 5.80. The molecule has 1 aromatic rings. The van der Waals surface area contributed by atoms with Crippen LogP contribution in [0.3, 0.4) is 0 Å². The Bertz CT molecular complexity index is 428. The predicted molar refractivity (Wildman–Crippen MR) is 72.1 cm³/mol. The van der Waals surface area contributed by atoms with E-state index in [1.54, 1.807) is 17.0 Å². The highest BCUT2D eigenvalue weighted by molar-refractivity contribution is 9.10. The summed E-state index contributed by atoms with van der Waals surface area (Å²) in [6.45, 7) is 4.25. The van der Waals surface area contributed by atoms with Gasteiger partial charge in [-0.2, -0.15) is 0 Å². The summed E-state index contributed by atoms with van der Waals surface area (Å²) < 4.78 is 14.3. The van der Waals surface area contributed by atoms with Gasteiger partial charge in [0, 0.05) is 24.1 Å². The summed E-state index contributed by atoms with van der Waals surface area (Å²) in [5.74, 6) is -0.698. The van der Waals surface area contributed by atoms with Crippen LogP contribution in [0, 0.1) is 5.82 Å². The van der Waals surface area contributed by atoms with Crippen LogP contribution in [0.1, 0.15) is 23.7 Å². The van der Waals surface area contributed by atoms with E-state index in [1.807, 2.05) is 6.92 Å². The summed E-state index contributed by atoms with van der Waals surface area (Å²) in [4.78, 5) is 14.2. The molecule has 0 unspecified atom stereocenters. The van der Waals surface area contributed by atoms with Gasteiger partial charge in [-0.05, 0) is 34.5 Å². The first kappa shape index (κ1) is 13.5. The second-order valence-electron chi connectivity index (χ2n) is 4.41. The van der Waals surface area contributed by atoms with Crippen molar-refractivity contribution < 1.29 is 9.18 Å². The third-order valence-electron chi connectivity index (χ3n) is 3.10. The minimum atomic E-state index is -0.470. The van der Waals surface area contributed by atoms with Gasteiger partial charge in [0.25, 0.3) is 5.91 Å². The third kappa shape index (κ3) is 2.57. The number of nitrogens with one attached hydrogen (secondary N) is 1. The van der Waals surface area contributed by atoms with Gasteiger partial charge < -0.3 is 10.2 Å². The van der Waals surface area contributed by atoms with E-state index in [9.17, 15) is 9.18 Å². The summed E-state index contributed by atoms with van der Waals surface area (Å²) in [6, 6.07) is 4.79. The SMILES string of the molecule is CCCN(C(=O)c1c(F)cccc1Br)C1CNC1. The summed E-state index contributed by atoms with van der Waals surface area (Å²) in [5.41, 5.74) is 0.137. The lowest BCUT2D eigenvalue weighted by atomic mass is 10.1. The molecule has 0 spiro atoms. The molecule has 1 saturated heterocycles. The van der Waals surface area contributed by atoms with Crippen LogP contribution in [-0.4, -0.2) is 36.5 Å². The van der Waals surface area contributed by atoms with Crippen molar-refractivity contribution in [3.05, 3.63) is 34.1 Å². The minimum Gasteiger partial charge on any atom is -0.333 e. The first-order valence-corrected chi connectivity index (χ1v) is 6.90. The lowest BCUT2D eigenvalue weighted by molar-refractivity contribution is 0.0610. The summed E-state index contributed by atoms with van der Waals surface area (Å²) in [5, 5.41) is 3.14. The van der Waals surface area contributed by atoms with E-state index in [2.05, 4.69) is 21.2 Å². The Morgan fingerprint density at radius 2 is 2.28 bits per heavy atom. The number of halogens is 2. The van der Waals surface area contributed by atoms with Crippen LogP contribution in [0.5, 0.6) is 0 Å². The molecule has 5 heteroatoms. The largest absolute Gasteiger partial charge is 0.333 e. The van der Waals surface area contributed by atoms with Crippen molar-refractivity contribution in [3.63, 3.8) is 0 Å². The number of hydrogen-bond donors (Lipinski definition) is 1. The van der Waals surface area contributed by atoms with Gasteiger partial charge in [-0.15, -0.1) is 0 Å². The Morgan fingerprint density at radius 1 is 1.56 bits per heavy atom. The van der Waals surface area contributed by atoms with Crippen molar-refractivity contribution in [1.29, 1.82) is 0 Å². The maximum atomic E-state index is 13.8. The van der Waals surface area contributed by atoms with Crippen molar-refractivity contribution in [2.75, 3.05) is 19.6 Å². The molecular formula is C13H16BrFN2O. The number of nitrogens with zero attached hydrogens (tertiary/aromatic N) is 1. The van der Waals surface area contributed by atoms with Crippen LogP contribution in [0.4, 0.5) is 4.39 Å². The average Bonchev–Trinajstić information content (AvgIpc) is 2.25. The van der Waals surface area contributed by atoms with E-state index in [0.717, 1.165) is 19.5 Å². The van der Waals surface area contributed by atoms with Gasteiger partial charge in [-0.25, -0.2) is 4.39 Å². The number of carbonyl (C=O) groups is 1. The van der Waals surface area contributed by atoms with Crippen molar-refractivity contribution in [2.24, 2.45) is 0 Å². The van der Waals surface area contributed by atoms with Crippen LogP contribution >= 0.6 is 15.9 Å². The molecular weight excluding hydrogens is 299 g/mol. The minimum absolute atomic E-state index is 0.137. The highest BCUT2D eigenvalue weighted by Gasteiger charge is 2.30. The van der Waals surface area contributed by atoms with E-state index in [1.165, 1.54) is 6.07 Å². The fourth-order valence-electron chi connectivity index (χ4n) is 2.03. The smallest absolute Gasteiger partial charge is 0.258 e. The third-order valence-corrected chi connectivity index (χ3v) is 3.76. The number of amides is 1. The van der Waals surface area contributed by atoms with E-state index in [0.29, 0.717) is 11.0 Å². The maximum absolute atomic E-state index is 13.8. The zero-order valence-electron chi connectivity index (χ0n) is 10.2. The average molecular weight is 315 g/mol. The van der Waals surface area contributed by atoms with Crippen LogP contribution in [-0.2, 0) is 0 Å². The monoisotopic (exact) mass is 314 g/mol. The molecule has 1 amide bonds. The van der Waals surface area contributed by atoms with Gasteiger partial charge in [-0.3, -0.25) is 4.79 Å². The van der Waals surface area contributed by atoms with Crippen molar-refractivity contribution >= 4 is 21.8 Å². The van der Waals surface area contributed by atoms with Gasteiger partial charge in [0.2, 0.25) is 0 Å². The molecule has 98 valence electrons. The molecule has 1 N–H and O–H groups in total. The topological polar surface area (TPSA) is 32.3 Å². The predicted octanol–water partition coefficient (Wildman–Crippen LogP) is 2.41. The van der Waals surface area contributed by atoms with Crippen LogP contribution in [0.25, 0.3) is 0 Å². The van der Waals surface area contributed by atoms with Gasteiger partial charge in [0.1, 0.15) is 5.82 Å². The first-order valence-electron chi connectivity index (χ1n) is 6.10. The molecule has 1 aromatic carbocycles. The van der Waals surface area contributed by atoms with Gasteiger partial charge in [0.15, 0.2) is 0 Å². The molecule has 0 bridgehead atoms. The Labute approximate surface area is 114 Å². The van der Waals surface area contributed by atoms with E-state index < -0.39 is 5.82 Å². The number of hydrogen-bond acceptors (Lipinski definition) is 2. The summed E-state index contributed by atoms with van der Waals surface area (Å²) in [7, 11) is 0. The molecule has 0 radical (unpaired) electrons. The molecule has 2 rings (SSSR count). The molecule has 1 aliphatic heterocycles. The number of rotatable bonds is 4. The zero-order chi connectivity index (χ0) is 13.1. The van der Waals surface area contributed by atoms with Gasteiger partial charge >= 0.3 is 0 Å². The fourth-order valence-corrected chi connectivity index (χ4v) is 2.54. The summed E-state index contributed by atoms with van der Waals surface area (Å²) in [6.07, 6.45) is 0.869. The molecule has 3 nitrogen and oxygen atoms in total. The molecule has 0 atom stereocenters. The Morgan fingerprint density at radius 3 is 2.78 bits per heavy atom. The van der Waals surface area contributed by atoms with Gasteiger partial charge in [0.05, 0.1) is 11.6 Å². The fraction of sp³-hybridized carbons (Fsp3) is 0.462. The van der Waals surface area contributed by atoms with E-state index >= 15 is 0 Å². The molecule has 1 heterocycles.